The van der Waals surface area contributed by atoms with Gasteiger partial charge >= 0.3 is 0 Å². The van der Waals surface area contributed by atoms with Crippen LogP contribution >= 0.6 is 0 Å². The van der Waals surface area contributed by atoms with E-state index in [4.69, 9.17) is 10.5 Å². The van der Waals surface area contributed by atoms with Gasteiger partial charge in [0.2, 0.25) is 0 Å². The Labute approximate surface area is 145 Å². The summed E-state index contributed by atoms with van der Waals surface area (Å²) < 4.78 is 5.77. The number of anilines is 1. The van der Waals surface area contributed by atoms with Gasteiger partial charge < -0.3 is 15.6 Å². The van der Waals surface area contributed by atoms with Gasteiger partial charge in [-0.3, -0.25) is 4.79 Å². The normalized spacial score (nSPS) is 10.7. The van der Waals surface area contributed by atoms with Crippen LogP contribution in [-0.2, 0) is 0 Å². The topological polar surface area (TPSA) is 72.6 Å². The van der Waals surface area contributed by atoms with Gasteiger partial charge in [-0.15, -0.1) is 0 Å². The summed E-state index contributed by atoms with van der Waals surface area (Å²) in [5.74, 6) is 0.991. The fourth-order valence-electron chi connectivity index (χ4n) is 2.33. The second-order valence-corrected chi connectivity index (χ2v) is 5.46. The van der Waals surface area contributed by atoms with Crippen molar-refractivity contribution in [3.63, 3.8) is 0 Å². The van der Waals surface area contributed by atoms with E-state index in [1.54, 1.807) is 12.1 Å². The summed E-state index contributed by atoms with van der Waals surface area (Å²) in [5.41, 5.74) is 7.00. The van der Waals surface area contributed by atoms with E-state index in [-0.39, 0.29) is 17.1 Å². The summed E-state index contributed by atoms with van der Waals surface area (Å²) in [5, 5.41) is 9.81. The van der Waals surface area contributed by atoms with Crippen LogP contribution in [0, 0.1) is 0 Å². The Morgan fingerprint density at radius 1 is 0.920 bits per heavy atom. The van der Waals surface area contributed by atoms with E-state index in [2.05, 4.69) is 0 Å². The van der Waals surface area contributed by atoms with E-state index in [9.17, 15) is 9.90 Å². The molecule has 0 radical (unpaired) electrons. The molecule has 0 atom stereocenters. The number of hydrogen-bond acceptors (Lipinski definition) is 4. The second kappa shape index (κ2) is 7.36. The average Bonchev–Trinajstić information content (AvgIpc) is 2.61. The number of nitrogen functional groups attached to an aromatic ring is 1. The Hall–Kier alpha value is -3.53. The molecule has 3 N–H and O–H groups in total. The van der Waals surface area contributed by atoms with Crippen LogP contribution in [0.4, 0.5) is 5.69 Å². The molecule has 0 aliphatic rings. The number of aromatic hydroxyl groups is 1. The molecule has 0 spiro atoms. The predicted molar refractivity (Wildman–Crippen MR) is 98.8 cm³/mol. The lowest BCUT2D eigenvalue weighted by Crippen LogP contribution is -1.96. The third-order valence-electron chi connectivity index (χ3n) is 3.55. The molecule has 0 heterocycles. The fraction of sp³-hybridized carbons (Fsp3) is 0. The van der Waals surface area contributed by atoms with E-state index < -0.39 is 0 Å². The Balaban J connectivity index is 1.75. The van der Waals surface area contributed by atoms with E-state index in [1.807, 2.05) is 54.6 Å². The Kier molecular flexibility index (Phi) is 4.81. The van der Waals surface area contributed by atoms with E-state index >= 15 is 0 Å². The van der Waals surface area contributed by atoms with Gasteiger partial charge in [-0.25, -0.2) is 0 Å². The van der Waals surface area contributed by atoms with Crippen LogP contribution in [0.3, 0.4) is 0 Å². The first-order valence-corrected chi connectivity index (χ1v) is 7.76. The molecule has 3 rings (SSSR count). The number of para-hydroxylation sites is 1. The number of phenols is 1. The Morgan fingerprint density at radius 3 is 2.44 bits per heavy atom. The lowest BCUT2D eigenvalue weighted by molar-refractivity contribution is 0.104. The minimum atomic E-state index is -0.299. The smallest absolute Gasteiger partial charge is 0.189 e. The first kappa shape index (κ1) is 16.3. The van der Waals surface area contributed by atoms with Crippen LogP contribution in [0.25, 0.3) is 6.08 Å². The van der Waals surface area contributed by atoms with Gasteiger partial charge in [0.15, 0.2) is 5.78 Å². The number of allylic oxidation sites excluding steroid dienone is 1. The number of ether oxygens (including phenoxy) is 1. The van der Waals surface area contributed by atoms with Gasteiger partial charge in [-0.1, -0.05) is 36.4 Å². The summed E-state index contributed by atoms with van der Waals surface area (Å²) in [6.07, 6.45) is 3.09. The zero-order valence-corrected chi connectivity index (χ0v) is 13.4. The number of carbonyl (C=O) groups excluding carboxylic acids is 1. The quantitative estimate of drug-likeness (QED) is 0.405. The average molecular weight is 331 g/mol. The predicted octanol–water partition coefficient (Wildman–Crippen LogP) is 4.66. The molecular formula is C21H17NO3. The van der Waals surface area contributed by atoms with E-state index in [0.717, 1.165) is 11.3 Å². The molecule has 4 heteroatoms. The van der Waals surface area contributed by atoms with Gasteiger partial charge in [0.1, 0.15) is 17.2 Å². The highest BCUT2D eigenvalue weighted by atomic mass is 16.5. The number of ketones is 1. The molecule has 3 aromatic rings. The van der Waals surface area contributed by atoms with Crippen LogP contribution in [0.1, 0.15) is 15.9 Å². The lowest BCUT2D eigenvalue weighted by atomic mass is 10.1. The minimum absolute atomic E-state index is 0.129. The lowest BCUT2D eigenvalue weighted by Gasteiger charge is -2.06. The molecule has 0 fully saturated rings. The highest BCUT2D eigenvalue weighted by Gasteiger charge is 2.08. The van der Waals surface area contributed by atoms with Gasteiger partial charge in [-0.05, 0) is 48.0 Å². The Bertz CT molecular complexity index is 917. The summed E-state index contributed by atoms with van der Waals surface area (Å²) in [7, 11) is 0. The van der Waals surface area contributed by atoms with Gasteiger partial charge in [0, 0.05) is 11.8 Å². The molecule has 25 heavy (non-hydrogen) atoms. The number of hydrogen-bond donors (Lipinski definition) is 2. The van der Waals surface area contributed by atoms with Crippen LogP contribution in [0.5, 0.6) is 17.2 Å². The standard InChI is InChI=1S/C21H17NO3/c22-16-10-11-19(21(24)14-16)20(23)12-9-15-5-4-8-18(13-15)25-17-6-2-1-3-7-17/h1-14,24H,22H2/b12-9+. The maximum Gasteiger partial charge on any atom is 0.189 e. The van der Waals surface area contributed by atoms with Crippen LogP contribution in [-0.4, -0.2) is 10.9 Å². The number of phenolic OH excluding ortho intramolecular Hbond substituents is 1. The molecule has 0 saturated heterocycles. The first-order valence-electron chi connectivity index (χ1n) is 7.76. The van der Waals surface area contributed by atoms with Gasteiger partial charge in [0.05, 0.1) is 5.56 Å². The number of rotatable bonds is 5. The van der Waals surface area contributed by atoms with Crippen molar-refractivity contribution in [2.75, 3.05) is 5.73 Å². The summed E-state index contributed by atoms with van der Waals surface area (Å²) in [4.78, 5) is 12.2. The molecule has 3 aromatic carbocycles. The SMILES string of the molecule is Nc1ccc(C(=O)/C=C/c2cccc(Oc3ccccc3)c2)c(O)c1. The molecule has 0 aliphatic heterocycles. The van der Waals surface area contributed by atoms with Crippen LogP contribution in [0.15, 0.2) is 78.9 Å². The van der Waals surface area contributed by atoms with Crippen molar-refractivity contribution >= 4 is 17.5 Å². The largest absolute Gasteiger partial charge is 0.507 e. The maximum absolute atomic E-state index is 12.2. The third kappa shape index (κ3) is 4.26. The summed E-state index contributed by atoms with van der Waals surface area (Å²) in [6, 6.07) is 21.3. The second-order valence-electron chi connectivity index (χ2n) is 5.46. The molecule has 0 aliphatic carbocycles. The van der Waals surface area contributed by atoms with Crippen molar-refractivity contribution in [1.82, 2.24) is 0 Å². The molecule has 0 amide bonds. The molecule has 0 saturated carbocycles. The Morgan fingerprint density at radius 2 is 1.68 bits per heavy atom. The number of nitrogens with two attached hydrogens (primary N) is 1. The molecular weight excluding hydrogens is 314 g/mol. The summed E-state index contributed by atoms with van der Waals surface area (Å²) >= 11 is 0. The van der Waals surface area contributed by atoms with E-state index in [0.29, 0.717) is 11.4 Å². The van der Waals surface area contributed by atoms with Crippen LogP contribution < -0.4 is 10.5 Å². The van der Waals surface area contributed by atoms with Crippen molar-refractivity contribution in [3.05, 3.63) is 90.0 Å². The zero-order chi connectivity index (χ0) is 17.6. The maximum atomic E-state index is 12.2. The first-order chi connectivity index (χ1) is 12.1. The fourth-order valence-corrected chi connectivity index (χ4v) is 2.33. The summed E-state index contributed by atoms with van der Waals surface area (Å²) in [6.45, 7) is 0. The van der Waals surface area contributed by atoms with Crippen molar-refractivity contribution in [3.8, 4) is 17.2 Å². The van der Waals surface area contributed by atoms with Crippen molar-refractivity contribution in [2.24, 2.45) is 0 Å². The highest BCUT2D eigenvalue weighted by molar-refractivity contribution is 6.08. The van der Waals surface area contributed by atoms with E-state index in [1.165, 1.54) is 18.2 Å². The van der Waals surface area contributed by atoms with Crippen LogP contribution in [0.2, 0.25) is 0 Å². The minimum Gasteiger partial charge on any atom is -0.507 e. The molecule has 124 valence electrons. The zero-order valence-electron chi connectivity index (χ0n) is 13.4. The van der Waals surface area contributed by atoms with Gasteiger partial charge in [0.25, 0.3) is 0 Å². The highest BCUT2D eigenvalue weighted by Crippen LogP contribution is 2.23. The number of carbonyl (C=O) groups is 1. The molecule has 0 aromatic heterocycles. The van der Waals surface area contributed by atoms with Crippen molar-refractivity contribution in [2.45, 2.75) is 0 Å². The molecule has 0 unspecified atom stereocenters. The molecule has 0 bridgehead atoms. The monoisotopic (exact) mass is 331 g/mol. The van der Waals surface area contributed by atoms with Gasteiger partial charge in [-0.2, -0.15) is 0 Å². The third-order valence-corrected chi connectivity index (χ3v) is 3.55. The van der Waals surface area contributed by atoms with Crippen molar-refractivity contribution < 1.29 is 14.6 Å². The number of benzene rings is 3. The van der Waals surface area contributed by atoms with Crippen molar-refractivity contribution in [1.29, 1.82) is 0 Å². The molecule has 4 nitrogen and oxygen atoms in total.